The third-order valence-corrected chi connectivity index (χ3v) is 5.94. The Kier molecular flexibility index (Phi) is 4.64. The van der Waals surface area contributed by atoms with Crippen LogP contribution in [0, 0.1) is 0 Å². The summed E-state index contributed by atoms with van der Waals surface area (Å²) in [6.45, 7) is 0. The number of hydrazine groups is 1. The van der Waals surface area contributed by atoms with E-state index >= 15 is 0 Å². The number of rotatable bonds is 5. The van der Waals surface area contributed by atoms with Gasteiger partial charge in [-0.3, -0.25) is 11.3 Å². The van der Waals surface area contributed by atoms with Crippen LogP contribution in [0.3, 0.4) is 0 Å². The maximum absolute atomic E-state index is 5.79. The van der Waals surface area contributed by atoms with E-state index in [4.69, 9.17) is 10.6 Å². The first kappa shape index (κ1) is 15.0. The molecule has 0 amide bonds. The lowest BCUT2D eigenvalue weighted by atomic mass is 10.0. The lowest BCUT2D eigenvalue weighted by Crippen LogP contribution is -2.29. The molecular formula is C16H19BrN2OS. The molecule has 3 nitrogen and oxygen atoms in total. The van der Waals surface area contributed by atoms with Gasteiger partial charge in [0, 0.05) is 9.75 Å². The number of hydrogen-bond acceptors (Lipinski definition) is 4. The first-order valence-corrected chi connectivity index (χ1v) is 8.72. The standard InChI is InChI=1S/C16H19BrN2OS/c1-20-14-6-5-10(7-12(14)17)8-13(19-18)16-9-11-3-2-4-15(11)21-16/h5-7,9,13,19H,2-4,8,18H2,1H3. The van der Waals surface area contributed by atoms with Crippen LogP contribution in [0.15, 0.2) is 28.7 Å². The van der Waals surface area contributed by atoms with E-state index in [0.29, 0.717) is 0 Å². The van der Waals surface area contributed by atoms with Gasteiger partial charge in [0.1, 0.15) is 5.75 Å². The fraction of sp³-hybridized carbons (Fsp3) is 0.375. The molecule has 0 fully saturated rings. The van der Waals surface area contributed by atoms with Gasteiger partial charge < -0.3 is 4.74 Å². The van der Waals surface area contributed by atoms with Crippen molar-refractivity contribution in [3.63, 3.8) is 0 Å². The lowest BCUT2D eigenvalue weighted by Gasteiger charge is -2.15. The minimum atomic E-state index is 0.167. The number of halogens is 1. The monoisotopic (exact) mass is 366 g/mol. The Morgan fingerprint density at radius 2 is 2.24 bits per heavy atom. The highest BCUT2D eigenvalue weighted by atomic mass is 79.9. The number of aryl methyl sites for hydroxylation is 2. The van der Waals surface area contributed by atoms with Crippen molar-refractivity contribution in [2.45, 2.75) is 31.7 Å². The van der Waals surface area contributed by atoms with Crippen LogP contribution < -0.4 is 16.0 Å². The number of thiophene rings is 1. The SMILES string of the molecule is COc1ccc(CC(NN)c2cc3c(s2)CCC3)cc1Br. The Bertz CT molecular complexity index is 620. The molecule has 1 aliphatic rings. The Hall–Kier alpha value is -0.880. The van der Waals surface area contributed by atoms with Crippen LogP contribution in [0.2, 0.25) is 0 Å². The van der Waals surface area contributed by atoms with Crippen LogP contribution in [-0.4, -0.2) is 7.11 Å². The van der Waals surface area contributed by atoms with Gasteiger partial charge in [-0.2, -0.15) is 0 Å². The molecule has 1 heterocycles. The molecule has 0 spiro atoms. The number of nitrogens with one attached hydrogen (secondary N) is 1. The second-order valence-electron chi connectivity index (χ2n) is 5.34. The zero-order chi connectivity index (χ0) is 14.8. The van der Waals surface area contributed by atoms with Crippen LogP contribution in [-0.2, 0) is 19.3 Å². The molecular weight excluding hydrogens is 348 g/mol. The second-order valence-corrected chi connectivity index (χ2v) is 7.37. The molecule has 0 aliphatic heterocycles. The maximum Gasteiger partial charge on any atom is 0.133 e. The normalized spacial score (nSPS) is 15.0. The molecule has 0 saturated carbocycles. The van der Waals surface area contributed by atoms with E-state index in [1.807, 2.05) is 17.4 Å². The van der Waals surface area contributed by atoms with E-state index in [2.05, 4.69) is 39.6 Å². The topological polar surface area (TPSA) is 47.3 Å². The molecule has 2 aromatic rings. The molecule has 3 N–H and O–H groups in total. The maximum atomic E-state index is 5.79. The van der Waals surface area contributed by atoms with Crippen LogP contribution >= 0.6 is 27.3 Å². The number of ether oxygens (including phenoxy) is 1. The Morgan fingerprint density at radius 1 is 1.38 bits per heavy atom. The summed E-state index contributed by atoms with van der Waals surface area (Å²) < 4.78 is 6.25. The molecule has 1 atom stereocenters. The fourth-order valence-electron chi connectivity index (χ4n) is 2.84. The average Bonchev–Trinajstić information content (AvgIpc) is 3.06. The predicted molar refractivity (Wildman–Crippen MR) is 90.8 cm³/mol. The van der Waals surface area contributed by atoms with Gasteiger partial charge in [0.25, 0.3) is 0 Å². The molecule has 1 aromatic carbocycles. The summed E-state index contributed by atoms with van der Waals surface area (Å²) in [5.41, 5.74) is 5.72. The van der Waals surface area contributed by atoms with Crippen LogP contribution in [0.4, 0.5) is 0 Å². The highest BCUT2D eigenvalue weighted by molar-refractivity contribution is 9.10. The van der Waals surface area contributed by atoms with Gasteiger partial charge in [-0.05, 0) is 70.9 Å². The molecule has 112 valence electrons. The quantitative estimate of drug-likeness (QED) is 0.625. The van der Waals surface area contributed by atoms with Crippen molar-refractivity contribution in [1.29, 1.82) is 0 Å². The van der Waals surface area contributed by atoms with Crippen molar-refractivity contribution < 1.29 is 4.74 Å². The summed E-state index contributed by atoms with van der Waals surface area (Å²) in [4.78, 5) is 2.88. The zero-order valence-electron chi connectivity index (χ0n) is 12.0. The van der Waals surface area contributed by atoms with Gasteiger partial charge in [-0.15, -0.1) is 11.3 Å². The first-order valence-electron chi connectivity index (χ1n) is 7.11. The molecule has 1 aliphatic carbocycles. The lowest BCUT2D eigenvalue weighted by molar-refractivity contribution is 0.412. The molecule has 1 aromatic heterocycles. The van der Waals surface area contributed by atoms with E-state index in [1.54, 1.807) is 12.0 Å². The average molecular weight is 367 g/mol. The highest BCUT2D eigenvalue weighted by Crippen LogP contribution is 2.35. The summed E-state index contributed by atoms with van der Waals surface area (Å²) in [5, 5.41) is 0. The summed E-state index contributed by atoms with van der Waals surface area (Å²) in [7, 11) is 1.68. The van der Waals surface area contributed by atoms with Gasteiger partial charge >= 0.3 is 0 Å². The Morgan fingerprint density at radius 3 is 2.90 bits per heavy atom. The second kappa shape index (κ2) is 6.48. The van der Waals surface area contributed by atoms with Crippen LogP contribution in [0.25, 0.3) is 0 Å². The summed E-state index contributed by atoms with van der Waals surface area (Å²) in [6, 6.07) is 8.68. The smallest absolute Gasteiger partial charge is 0.133 e. The number of benzene rings is 1. The van der Waals surface area contributed by atoms with Crippen molar-refractivity contribution in [1.82, 2.24) is 5.43 Å². The molecule has 5 heteroatoms. The molecule has 3 rings (SSSR count). The third kappa shape index (κ3) is 3.16. The molecule has 0 saturated heterocycles. The largest absolute Gasteiger partial charge is 0.496 e. The number of methoxy groups -OCH3 is 1. The van der Waals surface area contributed by atoms with E-state index < -0.39 is 0 Å². The van der Waals surface area contributed by atoms with E-state index in [9.17, 15) is 0 Å². The number of nitrogens with two attached hydrogens (primary N) is 1. The Balaban J connectivity index is 1.79. The van der Waals surface area contributed by atoms with Crippen molar-refractivity contribution >= 4 is 27.3 Å². The highest BCUT2D eigenvalue weighted by Gasteiger charge is 2.20. The number of hydrogen-bond donors (Lipinski definition) is 2. The zero-order valence-corrected chi connectivity index (χ0v) is 14.4. The van der Waals surface area contributed by atoms with Crippen molar-refractivity contribution in [3.05, 3.63) is 49.6 Å². The van der Waals surface area contributed by atoms with Crippen molar-refractivity contribution in [2.24, 2.45) is 5.84 Å². The predicted octanol–water partition coefficient (Wildman–Crippen LogP) is 3.76. The van der Waals surface area contributed by atoms with Crippen LogP contribution in [0.5, 0.6) is 5.75 Å². The minimum Gasteiger partial charge on any atom is -0.496 e. The molecule has 21 heavy (non-hydrogen) atoms. The van der Waals surface area contributed by atoms with Crippen LogP contribution in [0.1, 0.15) is 33.3 Å². The summed E-state index contributed by atoms with van der Waals surface area (Å²) in [6.07, 6.45) is 4.62. The van der Waals surface area contributed by atoms with Gasteiger partial charge in [0.2, 0.25) is 0 Å². The minimum absolute atomic E-state index is 0.167. The van der Waals surface area contributed by atoms with Gasteiger partial charge in [0.05, 0.1) is 17.6 Å². The fourth-order valence-corrected chi connectivity index (χ4v) is 4.74. The van der Waals surface area contributed by atoms with Gasteiger partial charge in [-0.25, -0.2) is 0 Å². The molecule has 0 bridgehead atoms. The summed E-state index contributed by atoms with van der Waals surface area (Å²) in [5.74, 6) is 6.64. The van der Waals surface area contributed by atoms with Gasteiger partial charge in [-0.1, -0.05) is 6.07 Å². The van der Waals surface area contributed by atoms with E-state index in [1.165, 1.54) is 35.3 Å². The van der Waals surface area contributed by atoms with E-state index in [0.717, 1.165) is 16.6 Å². The van der Waals surface area contributed by atoms with Crippen molar-refractivity contribution in [3.8, 4) is 5.75 Å². The molecule has 1 unspecified atom stereocenters. The molecule has 0 radical (unpaired) electrons. The first-order chi connectivity index (χ1) is 10.2. The van der Waals surface area contributed by atoms with Crippen molar-refractivity contribution in [2.75, 3.05) is 7.11 Å². The third-order valence-electron chi connectivity index (χ3n) is 3.97. The van der Waals surface area contributed by atoms with Gasteiger partial charge in [0.15, 0.2) is 0 Å². The summed E-state index contributed by atoms with van der Waals surface area (Å²) >= 11 is 5.44. The van der Waals surface area contributed by atoms with E-state index in [-0.39, 0.29) is 6.04 Å². The Labute approximate surface area is 137 Å². The number of fused-ring (bicyclic) bond motifs is 1.